The fraction of sp³-hybridized carbons (Fsp3) is 0.600. The Morgan fingerprint density at radius 1 is 1.04 bits per heavy atom. The summed E-state index contributed by atoms with van der Waals surface area (Å²) >= 11 is 0. The number of hydrogen-bond acceptors (Lipinski definition) is 9. The molecule has 1 unspecified atom stereocenters. The molecule has 1 aromatic carbocycles. The van der Waals surface area contributed by atoms with Crippen molar-refractivity contribution in [2.75, 3.05) is 6.54 Å². The first-order valence-corrected chi connectivity index (χ1v) is 8.35. The Morgan fingerprint density at radius 3 is 1.89 bits per heavy atom. The molecule has 0 heterocycles. The number of rotatable bonds is 6. The number of nitro groups is 3. The predicted octanol–water partition coefficient (Wildman–Crippen LogP) is 2.41. The number of aliphatic hydroxyl groups excluding tert-OH is 1. The van der Waals surface area contributed by atoms with Gasteiger partial charge in [0.15, 0.2) is 0 Å². The first kappa shape index (κ1) is 22.2. The molecule has 1 aliphatic rings. The first-order chi connectivity index (χ1) is 12.6. The van der Waals surface area contributed by atoms with Crippen LogP contribution in [0.25, 0.3) is 0 Å². The van der Waals surface area contributed by atoms with Crippen molar-refractivity contribution in [1.82, 2.24) is 5.32 Å². The van der Waals surface area contributed by atoms with Crippen molar-refractivity contribution < 1.29 is 25.0 Å². The van der Waals surface area contributed by atoms with Crippen LogP contribution in [-0.4, -0.2) is 43.7 Å². The number of nitrogens with one attached hydrogen (secondary N) is 1. The summed E-state index contributed by atoms with van der Waals surface area (Å²) in [4.78, 5) is 27.8. The minimum Gasteiger partial charge on any atom is -0.497 e. The highest BCUT2D eigenvalue weighted by Crippen LogP contribution is 2.38. The molecule has 0 amide bonds. The number of hydrogen-bond donors (Lipinski definition) is 3. The highest BCUT2D eigenvalue weighted by Gasteiger charge is 2.30. The van der Waals surface area contributed by atoms with E-state index in [0.29, 0.717) is 18.2 Å². The SMILES string of the molecule is CC(O)CNC1CCCCC1.O=[N+]([O-])c1cc([N+](=O)[O-])c(O)c([N+](=O)[O-])c1. The van der Waals surface area contributed by atoms with E-state index >= 15 is 0 Å². The smallest absolute Gasteiger partial charge is 0.324 e. The summed E-state index contributed by atoms with van der Waals surface area (Å²) in [5, 5.41) is 52.6. The largest absolute Gasteiger partial charge is 0.497 e. The quantitative estimate of drug-likeness (QED) is 0.488. The third-order valence-corrected chi connectivity index (χ3v) is 3.97. The number of nitro benzene ring substituents is 3. The third kappa shape index (κ3) is 7.11. The van der Waals surface area contributed by atoms with E-state index in [1.54, 1.807) is 0 Å². The van der Waals surface area contributed by atoms with E-state index in [1.807, 2.05) is 6.92 Å². The van der Waals surface area contributed by atoms with E-state index in [2.05, 4.69) is 5.32 Å². The van der Waals surface area contributed by atoms with Crippen LogP contribution < -0.4 is 5.32 Å². The molecule has 1 aromatic rings. The summed E-state index contributed by atoms with van der Waals surface area (Å²) in [6.07, 6.45) is 6.51. The molecule has 150 valence electrons. The number of phenols is 1. The molecule has 3 N–H and O–H groups in total. The second-order valence-corrected chi connectivity index (χ2v) is 6.20. The minimum atomic E-state index is -1.21. The lowest BCUT2D eigenvalue weighted by Crippen LogP contribution is -2.35. The van der Waals surface area contributed by atoms with Gasteiger partial charge in [0.1, 0.15) is 0 Å². The fourth-order valence-electron chi connectivity index (χ4n) is 2.62. The molecule has 1 atom stereocenters. The Hall–Kier alpha value is -2.86. The molecule has 0 spiro atoms. The summed E-state index contributed by atoms with van der Waals surface area (Å²) in [6, 6.07) is 1.57. The van der Waals surface area contributed by atoms with Gasteiger partial charge in [0.2, 0.25) is 0 Å². The molecule has 27 heavy (non-hydrogen) atoms. The maximum Gasteiger partial charge on any atom is 0.324 e. The lowest BCUT2D eigenvalue weighted by Gasteiger charge is -2.23. The van der Waals surface area contributed by atoms with Crippen molar-refractivity contribution >= 4 is 17.1 Å². The number of phenolic OH excluding ortho intramolecular Hbond substituents is 1. The van der Waals surface area contributed by atoms with Crippen molar-refractivity contribution in [1.29, 1.82) is 0 Å². The van der Waals surface area contributed by atoms with Gasteiger partial charge in [-0.1, -0.05) is 19.3 Å². The Labute approximate surface area is 154 Å². The van der Waals surface area contributed by atoms with Gasteiger partial charge in [-0.2, -0.15) is 0 Å². The molecular formula is C15H22N4O8. The number of benzene rings is 1. The van der Waals surface area contributed by atoms with Gasteiger partial charge in [0.05, 0.1) is 33.0 Å². The summed E-state index contributed by atoms with van der Waals surface area (Å²) in [6.45, 7) is 2.58. The molecule has 12 heteroatoms. The van der Waals surface area contributed by atoms with Crippen LogP contribution in [0.1, 0.15) is 39.0 Å². The van der Waals surface area contributed by atoms with Gasteiger partial charge in [-0.25, -0.2) is 0 Å². The summed E-state index contributed by atoms with van der Waals surface area (Å²) in [5.74, 6) is -1.21. The van der Waals surface area contributed by atoms with Crippen molar-refractivity contribution in [3.05, 3.63) is 42.5 Å². The lowest BCUT2D eigenvalue weighted by atomic mass is 9.95. The minimum absolute atomic E-state index is 0.197. The average Bonchev–Trinajstić information content (AvgIpc) is 2.60. The van der Waals surface area contributed by atoms with Gasteiger partial charge in [-0.15, -0.1) is 0 Å². The Kier molecular flexibility index (Phi) is 8.48. The Morgan fingerprint density at radius 2 is 1.52 bits per heavy atom. The predicted molar refractivity (Wildman–Crippen MR) is 94.6 cm³/mol. The van der Waals surface area contributed by atoms with Crippen LogP contribution in [0.5, 0.6) is 5.75 Å². The topological polar surface area (TPSA) is 182 Å². The highest BCUT2D eigenvalue weighted by molar-refractivity contribution is 5.64. The van der Waals surface area contributed by atoms with Gasteiger partial charge in [0, 0.05) is 12.6 Å². The summed E-state index contributed by atoms with van der Waals surface area (Å²) in [7, 11) is 0. The number of aliphatic hydroxyl groups is 1. The van der Waals surface area contributed by atoms with Crippen LogP contribution in [-0.2, 0) is 0 Å². The van der Waals surface area contributed by atoms with Gasteiger partial charge in [0.25, 0.3) is 11.4 Å². The van der Waals surface area contributed by atoms with Crippen LogP contribution in [0.2, 0.25) is 0 Å². The molecule has 2 rings (SSSR count). The van der Waals surface area contributed by atoms with Crippen molar-refractivity contribution in [3.63, 3.8) is 0 Å². The number of aromatic hydroxyl groups is 1. The second-order valence-electron chi connectivity index (χ2n) is 6.20. The van der Waals surface area contributed by atoms with Crippen LogP contribution >= 0.6 is 0 Å². The van der Waals surface area contributed by atoms with E-state index in [4.69, 9.17) is 10.2 Å². The van der Waals surface area contributed by atoms with E-state index in [9.17, 15) is 30.3 Å². The number of nitrogens with zero attached hydrogens (tertiary/aromatic N) is 3. The third-order valence-electron chi connectivity index (χ3n) is 3.97. The van der Waals surface area contributed by atoms with Crippen molar-refractivity contribution in [3.8, 4) is 5.75 Å². The zero-order chi connectivity index (χ0) is 20.6. The average molecular weight is 386 g/mol. The lowest BCUT2D eigenvalue weighted by molar-refractivity contribution is -0.404. The monoisotopic (exact) mass is 386 g/mol. The van der Waals surface area contributed by atoms with E-state index in [1.165, 1.54) is 32.1 Å². The maximum absolute atomic E-state index is 10.4. The van der Waals surface area contributed by atoms with E-state index < -0.39 is 37.6 Å². The molecule has 0 aromatic heterocycles. The normalized spacial score (nSPS) is 15.3. The Bertz CT molecular complexity index is 653. The standard InChI is InChI=1S/C9H19NO.C6H3N3O7/c1-8(11)7-10-9-5-3-2-4-6-9;10-6-4(8(13)14)1-3(7(11)12)2-5(6)9(15)16/h8-11H,2-7H2,1H3;1-2,10H. The molecule has 1 fully saturated rings. The van der Waals surface area contributed by atoms with Gasteiger partial charge < -0.3 is 15.5 Å². The fourth-order valence-corrected chi connectivity index (χ4v) is 2.62. The van der Waals surface area contributed by atoms with Crippen LogP contribution in [0.15, 0.2) is 12.1 Å². The molecule has 0 bridgehead atoms. The van der Waals surface area contributed by atoms with Crippen molar-refractivity contribution in [2.45, 2.75) is 51.2 Å². The molecule has 1 saturated carbocycles. The van der Waals surface area contributed by atoms with Gasteiger partial charge in [-0.05, 0) is 19.8 Å². The summed E-state index contributed by atoms with van der Waals surface area (Å²) in [5.41, 5.74) is -3.00. The molecular weight excluding hydrogens is 364 g/mol. The maximum atomic E-state index is 10.4. The molecule has 0 aliphatic heterocycles. The number of non-ortho nitro benzene ring substituents is 1. The van der Waals surface area contributed by atoms with E-state index in [0.717, 1.165) is 6.54 Å². The van der Waals surface area contributed by atoms with Crippen molar-refractivity contribution in [2.24, 2.45) is 0 Å². The molecule has 0 radical (unpaired) electrons. The zero-order valence-electron chi connectivity index (χ0n) is 14.7. The van der Waals surface area contributed by atoms with E-state index in [-0.39, 0.29) is 6.10 Å². The highest BCUT2D eigenvalue weighted by atomic mass is 16.6. The Balaban J connectivity index is 0.000000289. The van der Waals surface area contributed by atoms with Gasteiger partial charge >= 0.3 is 11.4 Å². The zero-order valence-corrected chi connectivity index (χ0v) is 14.7. The molecule has 1 aliphatic carbocycles. The van der Waals surface area contributed by atoms with Crippen LogP contribution in [0.3, 0.4) is 0 Å². The second kappa shape index (κ2) is 10.3. The summed E-state index contributed by atoms with van der Waals surface area (Å²) < 4.78 is 0. The first-order valence-electron chi connectivity index (χ1n) is 8.35. The molecule has 12 nitrogen and oxygen atoms in total. The van der Waals surface area contributed by atoms with Gasteiger partial charge in [-0.3, -0.25) is 30.3 Å². The molecule has 0 saturated heterocycles. The van der Waals surface area contributed by atoms with Crippen LogP contribution in [0, 0.1) is 30.3 Å². The van der Waals surface area contributed by atoms with Crippen LogP contribution in [0.4, 0.5) is 17.1 Å².